The summed E-state index contributed by atoms with van der Waals surface area (Å²) in [4.78, 5) is 4.93. The Morgan fingerprint density at radius 3 is 2.39 bits per heavy atom. The molecule has 0 N–H and O–H groups in total. The van der Waals surface area contributed by atoms with Crippen LogP contribution in [0.1, 0.15) is 30.9 Å². The van der Waals surface area contributed by atoms with Crippen LogP contribution in [-0.2, 0) is 11.3 Å². The lowest BCUT2D eigenvalue weighted by atomic mass is 10.1. The molecule has 0 saturated carbocycles. The molecule has 0 fully saturated rings. The average Bonchev–Trinajstić information content (AvgIpc) is 2.73. The van der Waals surface area contributed by atoms with Crippen LogP contribution in [0.5, 0.6) is 0 Å². The molecule has 3 heteroatoms. The predicted octanol–water partition coefficient (Wildman–Crippen LogP) is 3.59. The van der Waals surface area contributed by atoms with Gasteiger partial charge < -0.3 is 4.74 Å². The van der Waals surface area contributed by atoms with Gasteiger partial charge in [-0.15, -0.1) is 0 Å². The highest BCUT2D eigenvalue weighted by atomic mass is 35.5. The van der Waals surface area contributed by atoms with E-state index >= 15 is 0 Å². The second-order valence-corrected chi connectivity index (χ2v) is 6.09. The second kappa shape index (κ2) is 7.12. The van der Waals surface area contributed by atoms with E-state index in [0.29, 0.717) is 6.61 Å². The molecule has 1 aliphatic rings. The predicted molar refractivity (Wildman–Crippen MR) is 97.0 cm³/mol. The number of aliphatic imine (C=N–C) groups is 1. The third-order valence-corrected chi connectivity index (χ3v) is 4.39. The Balaban J connectivity index is 2.24. The number of fused-ring (bicyclic) bond motifs is 1. The molecule has 2 nitrogen and oxygen atoms in total. The maximum absolute atomic E-state index is 6.55. The van der Waals surface area contributed by atoms with Crippen LogP contribution in [0.25, 0.3) is 10.7 Å². The summed E-state index contributed by atoms with van der Waals surface area (Å²) < 4.78 is 5.18. The Hall–Kier alpha value is -1.90. The molecule has 118 valence electrons. The van der Waals surface area contributed by atoms with Crippen molar-refractivity contribution in [1.82, 2.24) is 0 Å². The minimum atomic E-state index is 0.620. The summed E-state index contributed by atoms with van der Waals surface area (Å²) in [6, 6.07) is 16.6. The number of hydrogen-bond acceptors (Lipinski definition) is 2. The van der Waals surface area contributed by atoms with Crippen molar-refractivity contribution in [2.75, 3.05) is 7.11 Å². The monoisotopic (exact) mass is 325 g/mol. The number of hydrogen-bond donors (Lipinski definition) is 0. The molecule has 0 aromatic heterocycles. The quantitative estimate of drug-likeness (QED) is 0.842. The smallest absolute Gasteiger partial charge is 0.0780 e. The summed E-state index contributed by atoms with van der Waals surface area (Å²) in [6.45, 7) is 2.74. The van der Waals surface area contributed by atoms with Gasteiger partial charge >= 0.3 is 0 Å². The number of methoxy groups -OCH3 is 1. The molecule has 0 aliphatic carbocycles. The van der Waals surface area contributed by atoms with Gasteiger partial charge in [0.05, 0.1) is 12.3 Å². The van der Waals surface area contributed by atoms with Gasteiger partial charge in [0.1, 0.15) is 0 Å². The van der Waals surface area contributed by atoms with E-state index in [0.717, 1.165) is 50.8 Å². The van der Waals surface area contributed by atoms with Gasteiger partial charge in [-0.1, -0.05) is 67.1 Å². The summed E-state index contributed by atoms with van der Waals surface area (Å²) in [6.07, 6.45) is 1.62. The normalized spacial score (nSPS) is 14.3. The van der Waals surface area contributed by atoms with Crippen molar-refractivity contribution in [1.29, 1.82) is 0 Å². The van der Waals surface area contributed by atoms with Gasteiger partial charge in [0, 0.05) is 35.1 Å². The first-order chi connectivity index (χ1) is 11.2. The lowest BCUT2D eigenvalue weighted by Crippen LogP contribution is -2.27. The second-order valence-electron chi connectivity index (χ2n) is 5.64. The van der Waals surface area contributed by atoms with Crippen LogP contribution in [-0.4, -0.2) is 12.8 Å². The summed E-state index contributed by atoms with van der Waals surface area (Å²) in [7, 11) is 1.71. The zero-order valence-electron chi connectivity index (χ0n) is 13.5. The molecule has 2 aromatic carbocycles. The standard InChI is InChI=1S/C20H20ClNO/c1-3-16-12-19(21)17-6-4-5-7-18(17)20(22-16)15-10-8-14(9-11-15)13-23-2/h4-11H,3,12-13H2,1-2H3. The molecule has 0 radical (unpaired) electrons. The zero-order valence-corrected chi connectivity index (χ0v) is 14.2. The fourth-order valence-electron chi connectivity index (χ4n) is 2.81. The lowest BCUT2D eigenvalue weighted by molar-refractivity contribution is 0.185. The van der Waals surface area contributed by atoms with Crippen molar-refractivity contribution in [3.63, 3.8) is 0 Å². The van der Waals surface area contributed by atoms with Crippen LogP contribution in [0, 0.1) is 0 Å². The van der Waals surface area contributed by atoms with Crippen LogP contribution in [0.3, 0.4) is 0 Å². The molecule has 0 atom stereocenters. The molecule has 1 aliphatic heterocycles. The van der Waals surface area contributed by atoms with Crippen molar-refractivity contribution < 1.29 is 4.74 Å². The third kappa shape index (κ3) is 3.39. The summed E-state index contributed by atoms with van der Waals surface area (Å²) in [5.41, 5.74) is 4.37. The fraction of sp³-hybridized carbons (Fsp3) is 0.250. The zero-order chi connectivity index (χ0) is 16.2. The Kier molecular flexibility index (Phi) is 4.94. The molecule has 0 bridgehead atoms. The Morgan fingerprint density at radius 1 is 1.04 bits per heavy atom. The van der Waals surface area contributed by atoms with Crippen LogP contribution < -0.4 is 10.4 Å². The average molecular weight is 326 g/mol. The van der Waals surface area contributed by atoms with E-state index < -0.39 is 0 Å². The first-order valence-corrected chi connectivity index (χ1v) is 8.23. The van der Waals surface area contributed by atoms with Gasteiger partial charge in [0.25, 0.3) is 0 Å². The third-order valence-electron chi connectivity index (χ3n) is 4.05. The number of nitrogens with zero attached hydrogens (tertiary/aromatic N) is 1. The molecule has 0 unspecified atom stereocenters. The maximum atomic E-state index is 6.55. The highest BCUT2D eigenvalue weighted by molar-refractivity contribution is 6.46. The van der Waals surface area contributed by atoms with E-state index in [4.69, 9.17) is 21.3 Å². The van der Waals surface area contributed by atoms with E-state index in [2.05, 4.69) is 43.3 Å². The first kappa shape index (κ1) is 16.0. The SMILES string of the molecule is CCC1=NC(c2ccc(COC)cc2)=c2ccccc2=C(Cl)C1. The van der Waals surface area contributed by atoms with E-state index in [-0.39, 0.29) is 0 Å². The van der Waals surface area contributed by atoms with Gasteiger partial charge in [-0.05, 0) is 17.2 Å². The van der Waals surface area contributed by atoms with Crippen molar-refractivity contribution in [3.05, 3.63) is 70.1 Å². The lowest BCUT2D eigenvalue weighted by Gasteiger charge is -2.06. The molecule has 1 heterocycles. The van der Waals surface area contributed by atoms with Gasteiger partial charge in [0.2, 0.25) is 0 Å². The highest BCUT2D eigenvalue weighted by Gasteiger charge is 2.11. The maximum Gasteiger partial charge on any atom is 0.0780 e. The van der Waals surface area contributed by atoms with Gasteiger partial charge in [-0.3, -0.25) is 4.99 Å². The minimum Gasteiger partial charge on any atom is -0.380 e. The Bertz CT molecular complexity index is 850. The summed E-state index contributed by atoms with van der Waals surface area (Å²) in [5, 5.41) is 3.05. The summed E-state index contributed by atoms with van der Waals surface area (Å²) in [5.74, 6) is 0. The summed E-state index contributed by atoms with van der Waals surface area (Å²) >= 11 is 6.55. The van der Waals surface area contributed by atoms with E-state index in [1.54, 1.807) is 7.11 Å². The van der Waals surface area contributed by atoms with E-state index in [9.17, 15) is 0 Å². The van der Waals surface area contributed by atoms with Gasteiger partial charge in [0.15, 0.2) is 0 Å². The van der Waals surface area contributed by atoms with Crippen molar-refractivity contribution in [3.8, 4) is 0 Å². The van der Waals surface area contributed by atoms with E-state index in [1.165, 1.54) is 0 Å². The number of halogens is 1. The van der Waals surface area contributed by atoms with Gasteiger partial charge in [-0.2, -0.15) is 0 Å². The fourth-order valence-corrected chi connectivity index (χ4v) is 3.13. The van der Waals surface area contributed by atoms with E-state index in [1.807, 2.05) is 12.1 Å². The molecular formula is C20H20ClNO. The van der Waals surface area contributed by atoms with Crippen LogP contribution in [0.2, 0.25) is 0 Å². The molecule has 0 saturated heterocycles. The molecular weight excluding hydrogens is 306 g/mol. The molecule has 0 amide bonds. The van der Waals surface area contributed by atoms with Crippen LogP contribution in [0.4, 0.5) is 0 Å². The topological polar surface area (TPSA) is 21.6 Å². The Morgan fingerprint density at radius 2 is 1.74 bits per heavy atom. The molecule has 2 aromatic rings. The Labute approximate surface area is 141 Å². The van der Waals surface area contributed by atoms with Crippen LogP contribution in [0.15, 0.2) is 53.5 Å². The van der Waals surface area contributed by atoms with Crippen LogP contribution >= 0.6 is 11.6 Å². The molecule has 23 heavy (non-hydrogen) atoms. The largest absolute Gasteiger partial charge is 0.380 e. The van der Waals surface area contributed by atoms with Crippen molar-refractivity contribution >= 4 is 28.0 Å². The molecule has 0 spiro atoms. The van der Waals surface area contributed by atoms with Crippen molar-refractivity contribution in [2.45, 2.75) is 26.4 Å². The first-order valence-electron chi connectivity index (χ1n) is 7.85. The highest BCUT2D eigenvalue weighted by Crippen LogP contribution is 2.19. The number of benzene rings is 2. The number of rotatable bonds is 4. The van der Waals surface area contributed by atoms with Crippen molar-refractivity contribution in [2.24, 2.45) is 4.99 Å². The van der Waals surface area contributed by atoms with Gasteiger partial charge in [-0.25, -0.2) is 0 Å². The minimum absolute atomic E-state index is 0.620. The number of ether oxygens (including phenoxy) is 1. The molecule has 3 rings (SSSR count).